The van der Waals surface area contributed by atoms with E-state index in [1.165, 1.54) is 6.21 Å². The van der Waals surface area contributed by atoms with Crippen LogP contribution >= 0.6 is 0 Å². The first kappa shape index (κ1) is 27.0. The first-order valence-electron chi connectivity index (χ1n) is 12.0. The average Bonchev–Trinajstić information content (AvgIpc) is 2.90. The van der Waals surface area contributed by atoms with Crippen LogP contribution in [0.1, 0.15) is 35.3 Å². The smallest absolute Gasteiger partial charge is 0.287 e. The first-order chi connectivity index (χ1) is 17.9. The second-order valence-corrected chi connectivity index (χ2v) is 8.14. The van der Waals surface area contributed by atoms with Crippen molar-refractivity contribution in [1.29, 1.82) is 0 Å². The number of carbonyl (C=O) groups excluding carboxylic acids is 2. The lowest BCUT2D eigenvalue weighted by atomic mass is 10.1. The highest BCUT2D eigenvalue weighted by atomic mass is 16.5. The molecule has 8 nitrogen and oxygen atoms in total. The predicted octanol–water partition coefficient (Wildman–Crippen LogP) is 4.47. The molecule has 0 saturated heterocycles. The molecule has 192 valence electrons. The molecule has 0 heterocycles. The third-order valence-corrected chi connectivity index (χ3v) is 5.20. The molecule has 0 aliphatic rings. The topological polar surface area (TPSA) is 92.3 Å². The van der Waals surface area contributed by atoms with Crippen LogP contribution < -0.4 is 25.1 Å². The highest BCUT2D eigenvalue weighted by molar-refractivity contribution is 6.05. The SMILES string of the molecule is CCOc1ccc(/C=N/NC(=O)/C(=C\c2ccc(N(C)C)cc2)NC(=O)c2ccccc2)cc1OCC. The Morgan fingerprint density at radius 2 is 1.51 bits per heavy atom. The molecule has 3 aromatic rings. The molecular weight excluding hydrogens is 468 g/mol. The van der Waals surface area contributed by atoms with Gasteiger partial charge in [-0.25, -0.2) is 5.43 Å². The fourth-order valence-corrected chi connectivity index (χ4v) is 3.35. The number of nitrogens with zero attached hydrogens (tertiary/aromatic N) is 2. The number of hydrazone groups is 1. The Kier molecular flexibility index (Phi) is 9.84. The van der Waals surface area contributed by atoms with Gasteiger partial charge in [0.2, 0.25) is 0 Å². The molecule has 0 bridgehead atoms. The van der Waals surface area contributed by atoms with Gasteiger partial charge in [0.1, 0.15) is 5.70 Å². The molecule has 0 unspecified atom stereocenters. The number of anilines is 1. The quantitative estimate of drug-likeness (QED) is 0.230. The van der Waals surface area contributed by atoms with Gasteiger partial charge in [-0.1, -0.05) is 30.3 Å². The Hall–Kier alpha value is -4.59. The number of hydrogen-bond acceptors (Lipinski definition) is 6. The van der Waals surface area contributed by atoms with E-state index in [0.717, 1.165) is 11.3 Å². The van der Waals surface area contributed by atoms with Gasteiger partial charge >= 0.3 is 0 Å². The monoisotopic (exact) mass is 500 g/mol. The summed E-state index contributed by atoms with van der Waals surface area (Å²) in [4.78, 5) is 27.8. The number of hydrogen-bond donors (Lipinski definition) is 2. The summed E-state index contributed by atoms with van der Waals surface area (Å²) in [5.74, 6) is 0.271. The van der Waals surface area contributed by atoms with Crippen LogP contribution in [-0.4, -0.2) is 45.3 Å². The maximum Gasteiger partial charge on any atom is 0.287 e. The lowest BCUT2D eigenvalue weighted by Gasteiger charge is -2.13. The van der Waals surface area contributed by atoms with Gasteiger partial charge in [0.05, 0.1) is 19.4 Å². The third kappa shape index (κ3) is 7.96. The molecule has 37 heavy (non-hydrogen) atoms. The number of ether oxygens (including phenoxy) is 2. The van der Waals surface area contributed by atoms with Crippen molar-refractivity contribution in [1.82, 2.24) is 10.7 Å². The van der Waals surface area contributed by atoms with E-state index in [-0.39, 0.29) is 5.70 Å². The van der Waals surface area contributed by atoms with Crippen molar-refractivity contribution in [2.75, 3.05) is 32.2 Å². The van der Waals surface area contributed by atoms with Gasteiger partial charge in [0.15, 0.2) is 11.5 Å². The molecule has 2 N–H and O–H groups in total. The van der Waals surface area contributed by atoms with E-state index in [2.05, 4.69) is 15.8 Å². The molecule has 0 radical (unpaired) electrons. The number of amides is 2. The van der Waals surface area contributed by atoms with E-state index in [0.29, 0.717) is 35.8 Å². The fourth-order valence-electron chi connectivity index (χ4n) is 3.35. The minimum absolute atomic E-state index is 0.0605. The van der Waals surface area contributed by atoms with Crippen molar-refractivity contribution in [3.8, 4) is 11.5 Å². The Balaban J connectivity index is 1.80. The van der Waals surface area contributed by atoms with Crippen LogP contribution in [0.5, 0.6) is 11.5 Å². The van der Waals surface area contributed by atoms with Crippen molar-refractivity contribution < 1.29 is 19.1 Å². The van der Waals surface area contributed by atoms with Gasteiger partial charge in [-0.3, -0.25) is 9.59 Å². The predicted molar refractivity (Wildman–Crippen MR) is 147 cm³/mol. The Labute approximate surface area is 217 Å². The van der Waals surface area contributed by atoms with Crippen LogP contribution in [0.3, 0.4) is 0 Å². The van der Waals surface area contributed by atoms with E-state index in [1.807, 2.05) is 69.2 Å². The second kappa shape index (κ2) is 13.5. The molecule has 3 rings (SSSR count). The van der Waals surface area contributed by atoms with Crippen LogP contribution in [0.25, 0.3) is 6.08 Å². The fraction of sp³-hybridized carbons (Fsp3) is 0.207. The summed E-state index contributed by atoms with van der Waals surface area (Å²) in [5, 5.41) is 6.78. The standard InChI is InChI=1S/C29H32N4O4/c1-5-36-26-17-14-22(19-27(26)37-6-2)20-30-32-29(35)25(31-28(34)23-10-8-7-9-11-23)18-21-12-15-24(16-13-21)33(3)4/h7-20H,5-6H2,1-4H3,(H,31,34)(H,32,35)/b25-18+,30-20+. The highest BCUT2D eigenvalue weighted by Crippen LogP contribution is 2.28. The Morgan fingerprint density at radius 3 is 2.16 bits per heavy atom. The van der Waals surface area contributed by atoms with Crippen molar-refractivity contribution in [3.63, 3.8) is 0 Å². The second-order valence-electron chi connectivity index (χ2n) is 8.14. The zero-order valence-electron chi connectivity index (χ0n) is 21.5. The lowest BCUT2D eigenvalue weighted by molar-refractivity contribution is -0.117. The van der Waals surface area contributed by atoms with Crippen LogP contribution in [0, 0.1) is 0 Å². The van der Waals surface area contributed by atoms with E-state index >= 15 is 0 Å². The van der Waals surface area contributed by atoms with Gasteiger partial charge < -0.3 is 19.7 Å². The van der Waals surface area contributed by atoms with Crippen molar-refractivity contribution >= 4 is 29.8 Å². The summed E-state index contributed by atoms with van der Waals surface area (Å²) in [7, 11) is 3.90. The molecule has 0 fully saturated rings. The summed E-state index contributed by atoms with van der Waals surface area (Å²) in [6, 6.07) is 21.7. The molecule has 0 aliphatic heterocycles. The Bertz CT molecular complexity index is 1250. The maximum atomic E-state index is 13.0. The molecule has 0 saturated carbocycles. The number of rotatable bonds is 11. The summed E-state index contributed by atoms with van der Waals surface area (Å²) < 4.78 is 11.2. The van der Waals surface area contributed by atoms with Crippen LogP contribution in [0.2, 0.25) is 0 Å². The molecule has 0 atom stereocenters. The molecular formula is C29H32N4O4. The molecule has 0 aliphatic carbocycles. The van der Waals surface area contributed by atoms with E-state index in [4.69, 9.17) is 9.47 Å². The molecule has 0 aromatic heterocycles. The van der Waals surface area contributed by atoms with Crippen LogP contribution in [-0.2, 0) is 4.79 Å². The molecule has 0 spiro atoms. The van der Waals surface area contributed by atoms with Crippen LogP contribution in [0.4, 0.5) is 5.69 Å². The largest absolute Gasteiger partial charge is 0.490 e. The summed E-state index contributed by atoms with van der Waals surface area (Å²) in [6.45, 7) is 4.80. The van der Waals surface area contributed by atoms with Crippen molar-refractivity contribution in [3.05, 3.63) is 95.2 Å². The zero-order chi connectivity index (χ0) is 26.6. The summed E-state index contributed by atoms with van der Waals surface area (Å²) >= 11 is 0. The summed E-state index contributed by atoms with van der Waals surface area (Å²) in [6.07, 6.45) is 3.11. The van der Waals surface area contributed by atoms with Crippen molar-refractivity contribution in [2.24, 2.45) is 5.10 Å². The van der Waals surface area contributed by atoms with Gasteiger partial charge in [-0.2, -0.15) is 5.10 Å². The molecule has 3 aromatic carbocycles. The molecule has 2 amide bonds. The minimum atomic E-state index is -0.562. The summed E-state index contributed by atoms with van der Waals surface area (Å²) in [5.41, 5.74) is 5.47. The van der Waals surface area contributed by atoms with E-state index < -0.39 is 11.8 Å². The minimum Gasteiger partial charge on any atom is -0.490 e. The maximum absolute atomic E-state index is 13.0. The number of benzene rings is 3. The van der Waals surface area contributed by atoms with E-state index in [1.54, 1.807) is 42.5 Å². The normalized spacial score (nSPS) is 11.2. The Morgan fingerprint density at radius 1 is 0.865 bits per heavy atom. The number of nitrogens with one attached hydrogen (secondary N) is 2. The van der Waals surface area contributed by atoms with E-state index in [9.17, 15) is 9.59 Å². The molecule has 8 heteroatoms. The average molecular weight is 501 g/mol. The van der Waals surface area contributed by atoms with Gasteiger partial charge in [0, 0.05) is 25.3 Å². The zero-order valence-corrected chi connectivity index (χ0v) is 21.5. The van der Waals surface area contributed by atoms with Gasteiger partial charge in [0.25, 0.3) is 11.8 Å². The highest BCUT2D eigenvalue weighted by Gasteiger charge is 2.14. The van der Waals surface area contributed by atoms with Gasteiger partial charge in [-0.05, 0) is 73.5 Å². The third-order valence-electron chi connectivity index (χ3n) is 5.20. The van der Waals surface area contributed by atoms with Crippen molar-refractivity contribution in [2.45, 2.75) is 13.8 Å². The van der Waals surface area contributed by atoms with Crippen LogP contribution in [0.15, 0.2) is 83.6 Å². The lowest BCUT2D eigenvalue weighted by Crippen LogP contribution is -2.32. The first-order valence-corrected chi connectivity index (χ1v) is 12.0. The van der Waals surface area contributed by atoms with Gasteiger partial charge in [-0.15, -0.1) is 0 Å². The number of carbonyl (C=O) groups is 2.